The van der Waals surface area contributed by atoms with Gasteiger partial charge in [0.25, 0.3) is 0 Å². The zero-order valence-corrected chi connectivity index (χ0v) is 11.1. The van der Waals surface area contributed by atoms with E-state index in [1.165, 1.54) is 19.3 Å². The van der Waals surface area contributed by atoms with Gasteiger partial charge >= 0.3 is 11.9 Å². The fourth-order valence-electron chi connectivity index (χ4n) is 5.20. The summed E-state index contributed by atoms with van der Waals surface area (Å²) < 4.78 is 10.4. The number of hydrogen-bond acceptors (Lipinski definition) is 4. The van der Waals surface area contributed by atoms with Gasteiger partial charge in [0.2, 0.25) is 6.10 Å². The summed E-state index contributed by atoms with van der Waals surface area (Å²) in [6.07, 6.45) is 6.75. The quantitative estimate of drug-likeness (QED) is 0.716. The Morgan fingerprint density at radius 2 is 1.68 bits per heavy atom. The minimum atomic E-state index is -0.638. The van der Waals surface area contributed by atoms with Gasteiger partial charge in [-0.3, -0.25) is 4.79 Å². The van der Waals surface area contributed by atoms with Gasteiger partial charge in [-0.2, -0.15) is 0 Å². The lowest BCUT2D eigenvalue weighted by molar-refractivity contribution is -0.180. The zero-order chi connectivity index (χ0) is 13.0. The lowest BCUT2D eigenvalue weighted by Crippen LogP contribution is -2.51. The predicted octanol–water partition coefficient (Wildman–Crippen LogP) is 2.06. The van der Waals surface area contributed by atoms with Gasteiger partial charge in [0.15, 0.2) is 0 Å². The largest absolute Gasteiger partial charge is 0.463 e. The molecule has 104 valence electrons. The number of cyclic esters (lactones) is 1. The van der Waals surface area contributed by atoms with Crippen LogP contribution in [-0.2, 0) is 19.1 Å². The van der Waals surface area contributed by atoms with Crippen LogP contribution < -0.4 is 0 Å². The first-order valence-electron chi connectivity index (χ1n) is 7.52. The summed E-state index contributed by atoms with van der Waals surface area (Å²) in [5.74, 6) is 1.67. The highest BCUT2D eigenvalue weighted by Gasteiger charge is 2.56. The standard InChI is InChI=1S/C15H20O4/c16-13-12(1-2-18-13)19-14(17)15-6-9-3-10(7-15)5-11(4-9)8-15/h9-12H,1-8H2/t9?,10?,11?,12-,15?/m1/s1. The number of carbonyl (C=O) groups excluding carboxylic acids is 2. The van der Waals surface area contributed by atoms with Gasteiger partial charge in [-0.15, -0.1) is 0 Å². The topological polar surface area (TPSA) is 52.6 Å². The normalized spacial score (nSPS) is 47.3. The van der Waals surface area contributed by atoms with Crippen LogP contribution in [0.3, 0.4) is 0 Å². The van der Waals surface area contributed by atoms with Crippen LogP contribution in [0.25, 0.3) is 0 Å². The third-order valence-corrected chi connectivity index (χ3v) is 5.61. The average Bonchev–Trinajstić information content (AvgIpc) is 2.73. The maximum Gasteiger partial charge on any atom is 0.347 e. The van der Waals surface area contributed by atoms with Crippen molar-refractivity contribution in [2.45, 2.75) is 51.0 Å². The Kier molecular flexibility index (Phi) is 2.45. The summed E-state index contributed by atoms with van der Waals surface area (Å²) in [6.45, 7) is 0.387. The van der Waals surface area contributed by atoms with E-state index in [0.717, 1.165) is 19.3 Å². The number of ether oxygens (including phenoxy) is 2. The van der Waals surface area contributed by atoms with Crippen molar-refractivity contribution in [3.8, 4) is 0 Å². The van der Waals surface area contributed by atoms with E-state index >= 15 is 0 Å². The lowest BCUT2D eigenvalue weighted by atomic mass is 9.49. The molecule has 0 aromatic rings. The molecule has 1 saturated heterocycles. The number of carbonyl (C=O) groups is 2. The van der Waals surface area contributed by atoms with E-state index in [1.807, 2.05) is 0 Å². The molecule has 5 aliphatic rings. The van der Waals surface area contributed by atoms with Crippen LogP contribution in [0.15, 0.2) is 0 Å². The van der Waals surface area contributed by atoms with Gasteiger partial charge < -0.3 is 9.47 Å². The maximum atomic E-state index is 12.6. The van der Waals surface area contributed by atoms with Crippen molar-refractivity contribution >= 4 is 11.9 Å². The Morgan fingerprint density at radius 3 is 2.16 bits per heavy atom. The Labute approximate surface area is 112 Å². The van der Waals surface area contributed by atoms with Crippen molar-refractivity contribution in [1.29, 1.82) is 0 Å². The summed E-state index contributed by atoms with van der Waals surface area (Å²) in [5.41, 5.74) is -0.266. The van der Waals surface area contributed by atoms with Gasteiger partial charge in [-0.1, -0.05) is 0 Å². The number of hydrogen-bond donors (Lipinski definition) is 0. The molecule has 0 radical (unpaired) electrons. The molecule has 0 amide bonds. The van der Waals surface area contributed by atoms with E-state index in [9.17, 15) is 9.59 Å². The minimum absolute atomic E-state index is 0.115. The first kappa shape index (κ1) is 11.7. The first-order chi connectivity index (χ1) is 9.14. The molecule has 0 spiro atoms. The van der Waals surface area contributed by atoms with E-state index in [0.29, 0.717) is 30.8 Å². The van der Waals surface area contributed by atoms with Crippen LogP contribution in [0.1, 0.15) is 44.9 Å². The Hall–Kier alpha value is -1.06. The number of rotatable bonds is 2. The van der Waals surface area contributed by atoms with E-state index in [-0.39, 0.29) is 17.4 Å². The van der Waals surface area contributed by atoms with Gasteiger partial charge in [-0.05, 0) is 56.3 Å². The van der Waals surface area contributed by atoms with Crippen LogP contribution in [0.2, 0.25) is 0 Å². The highest BCUT2D eigenvalue weighted by Crippen LogP contribution is 2.60. The molecule has 19 heavy (non-hydrogen) atoms. The summed E-state index contributed by atoms with van der Waals surface area (Å²) in [7, 11) is 0. The van der Waals surface area contributed by atoms with Crippen molar-refractivity contribution in [2.24, 2.45) is 23.2 Å². The van der Waals surface area contributed by atoms with Crippen LogP contribution in [0, 0.1) is 23.2 Å². The molecule has 0 aromatic carbocycles. The van der Waals surface area contributed by atoms with Gasteiger partial charge in [0.05, 0.1) is 12.0 Å². The zero-order valence-electron chi connectivity index (χ0n) is 11.1. The van der Waals surface area contributed by atoms with Crippen molar-refractivity contribution in [3.05, 3.63) is 0 Å². The highest BCUT2D eigenvalue weighted by molar-refractivity contribution is 5.83. The van der Waals surface area contributed by atoms with Crippen molar-refractivity contribution in [3.63, 3.8) is 0 Å². The molecule has 1 aliphatic heterocycles. The maximum absolute atomic E-state index is 12.6. The monoisotopic (exact) mass is 264 g/mol. The smallest absolute Gasteiger partial charge is 0.347 e. The fourth-order valence-corrected chi connectivity index (χ4v) is 5.20. The Bertz CT molecular complexity index is 393. The van der Waals surface area contributed by atoms with Gasteiger partial charge in [-0.25, -0.2) is 4.79 Å². The molecule has 1 heterocycles. The second-order valence-corrected chi connectivity index (χ2v) is 7.05. The Morgan fingerprint density at radius 1 is 1.11 bits per heavy atom. The molecule has 4 heteroatoms. The van der Waals surface area contributed by atoms with Crippen LogP contribution in [0.5, 0.6) is 0 Å². The van der Waals surface area contributed by atoms with E-state index in [1.54, 1.807) is 0 Å². The second-order valence-electron chi connectivity index (χ2n) is 7.05. The number of esters is 2. The predicted molar refractivity (Wildman–Crippen MR) is 66.1 cm³/mol. The van der Waals surface area contributed by atoms with Crippen LogP contribution >= 0.6 is 0 Å². The van der Waals surface area contributed by atoms with Crippen LogP contribution in [0.4, 0.5) is 0 Å². The summed E-state index contributed by atoms with van der Waals surface area (Å²) in [4.78, 5) is 24.0. The molecule has 4 saturated carbocycles. The molecular formula is C15H20O4. The third-order valence-electron chi connectivity index (χ3n) is 5.61. The second kappa shape index (κ2) is 3.97. The van der Waals surface area contributed by atoms with Gasteiger partial charge in [0, 0.05) is 6.42 Å². The van der Waals surface area contributed by atoms with Crippen molar-refractivity contribution in [1.82, 2.24) is 0 Å². The molecule has 0 N–H and O–H groups in total. The average molecular weight is 264 g/mol. The van der Waals surface area contributed by atoms with Crippen LogP contribution in [-0.4, -0.2) is 24.6 Å². The first-order valence-corrected chi connectivity index (χ1v) is 7.52. The van der Waals surface area contributed by atoms with E-state index in [4.69, 9.17) is 9.47 Å². The van der Waals surface area contributed by atoms with Gasteiger partial charge in [0.1, 0.15) is 0 Å². The molecule has 5 rings (SSSR count). The van der Waals surface area contributed by atoms with E-state index < -0.39 is 6.10 Å². The van der Waals surface area contributed by atoms with E-state index in [2.05, 4.69) is 0 Å². The third kappa shape index (κ3) is 1.79. The molecule has 4 nitrogen and oxygen atoms in total. The minimum Gasteiger partial charge on any atom is -0.463 e. The summed E-state index contributed by atoms with van der Waals surface area (Å²) >= 11 is 0. The molecule has 1 atom stereocenters. The lowest BCUT2D eigenvalue weighted by Gasteiger charge is -2.55. The van der Waals surface area contributed by atoms with Crippen molar-refractivity contribution < 1.29 is 19.1 Å². The molecule has 5 fully saturated rings. The molecule has 0 aromatic heterocycles. The summed E-state index contributed by atoms with van der Waals surface area (Å²) in [5, 5.41) is 0. The summed E-state index contributed by atoms with van der Waals surface area (Å²) in [6, 6.07) is 0. The SMILES string of the molecule is O=C1OCC[C@H]1OC(=O)C12CC3CC(CC(C3)C1)C2. The highest BCUT2D eigenvalue weighted by atomic mass is 16.6. The molecular weight excluding hydrogens is 244 g/mol. The molecule has 4 aliphatic carbocycles. The molecule has 4 bridgehead atoms. The Balaban J connectivity index is 1.51. The fraction of sp³-hybridized carbons (Fsp3) is 0.867. The molecule has 0 unspecified atom stereocenters. The van der Waals surface area contributed by atoms with Crippen molar-refractivity contribution in [2.75, 3.05) is 6.61 Å².